The van der Waals surface area contributed by atoms with Crippen molar-refractivity contribution in [2.45, 2.75) is 0 Å². The molecule has 43 heavy (non-hydrogen) atoms. The van der Waals surface area contributed by atoms with Gasteiger partial charge in [-0.25, -0.2) is 0 Å². The average molecular weight is 568 g/mol. The molecule has 3 heteroatoms. The highest BCUT2D eigenvalue weighted by Gasteiger charge is 2.19. The number of hydrogen-bond donors (Lipinski definition) is 0. The van der Waals surface area contributed by atoms with Crippen LogP contribution in [0.25, 0.3) is 64.0 Å². The molecule has 9 aromatic rings. The Bertz CT molecular complexity index is 2450. The van der Waals surface area contributed by atoms with Gasteiger partial charge in [-0.3, -0.25) is 0 Å². The van der Waals surface area contributed by atoms with E-state index in [4.69, 9.17) is 4.42 Å². The molecule has 2 heterocycles. The second-order valence-electron chi connectivity index (χ2n) is 10.9. The largest absolute Gasteiger partial charge is 0.454 e. The first-order chi connectivity index (χ1) is 21.3. The molecule has 0 amide bonds. The van der Waals surface area contributed by atoms with Gasteiger partial charge in [-0.1, -0.05) is 103 Å². The van der Waals surface area contributed by atoms with E-state index in [1.54, 1.807) is 0 Å². The Morgan fingerprint density at radius 1 is 0.465 bits per heavy atom. The van der Waals surface area contributed by atoms with Gasteiger partial charge in [0.15, 0.2) is 5.58 Å². The van der Waals surface area contributed by atoms with Gasteiger partial charge in [-0.2, -0.15) is 0 Å². The number of rotatable bonds is 4. The fourth-order valence-electron chi connectivity index (χ4n) is 6.40. The summed E-state index contributed by atoms with van der Waals surface area (Å²) >= 11 is 1.88. The maximum absolute atomic E-state index is 6.46. The molecule has 0 aliphatic heterocycles. The summed E-state index contributed by atoms with van der Waals surface area (Å²) in [7, 11) is 0. The Kier molecular flexibility index (Phi) is 5.40. The van der Waals surface area contributed by atoms with Crippen LogP contribution in [0.1, 0.15) is 0 Å². The van der Waals surface area contributed by atoms with E-state index in [1.165, 1.54) is 42.1 Å². The molecule has 7 aromatic carbocycles. The SMILES string of the molecule is c1ccc(N(c2ccc(-c3ccc4ccc5c6ccccc6sc5c4c3)cc2)c2cccc3c2oc2ccccc23)cc1. The van der Waals surface area contributed by atoms with Gasteiger partial charge in [0.2, 0.25) is 0 Å². The molecule has 0 unspecified atom stereocenters. The van der Waals surface area contributed by atoms with Crippen LogP contribution in [0, 0.1) is 0 Å². The van der Waals surface area contributed by atoms with Crippen LogP contribution in [0.15, 0.2) is 156 Å². The molecule has 0 fully saturated rings. The van der Waals surface area contributed by atoms with Crippen LogP contribution in [0.5, 0.6) is 0 Å². The molecular weight excluding hydrogens is 543 g/mol. The van der Waals surface area contributed by atoms with Crippen molar-refractivity contribution in [3.63, 3.8) is 0 Å². The highest BCUT2D eigenvalue weighted by atomic mass is 32.1. The summed E-state index contributed by atoms with van der Waals surface area (Å²) in [5.74, 6) is 0. The molecule has 0 N–H and O–H groups in total. The predicted molar refractivity (Wildman–Crippen MR) is 184 cm³/mol. The highest BCUT2D eigenvalue weighted by molar-refractivity contribution is 7.26. The van der Waals surface area contributed by atoms with Crippen LogP contribution >= 0.6 is 11.3 Å². The Morgan fingerprint density at radius 3 is 2.05 bits per heavy atom. The first-order valence-corrected chi connectivity index (χ1v) is 15.3. The van der Waals surface area contributed by atoms with Crippen LogP contribution in [-0.4, -0.2) is 0 Å². The van der Waals surface area contributed by atoms with E-state index >= 15 is 0 Å². The number of thiophene rings is 1. The van der Waals surface area contributed by atoms with E-state index in [0.717, 1.165) is 39.0 Å². The molecule has 202 valence electrons. The van der Waals surface area contributed by atoms with Crippen molar-refractivity contribution in [3.8, 4) is 11.1 Å². The zero-order chi connectivity index (χ0) is 28.3. The molecule has 0 saturated carbocycles. The normalized spacial score (nSPS) is 11.7. The first-order valence-electron chi connectivity index (χ1n) is 14.5. The van der Waals surface area contributed by atoms with Gasteiger partial charge in [0.1, 0.15) is 5.58 Å². The van der Waals surface area contributed by atoms with Crippen molar-refractivity contribution in [1.82, 2.24) is 0 Å². The smallest absolute Gasteiger partial charge is 0.159 e. The van der Waals surface area contributed by atoms with Crippen LogP contribution in [0.2, 0.25) is 0 Å². The van der Waals surface area contributed by atoms with E-state index in [9.17, 15) is 0 Å². The Balaban J connectivity index is 1.18. The lowest BCUT2D eigenvalue weighted by molar-refractivity contribution is 0.669. The van der Waals surface area contributed by atoms with Crippen LogP contribution < -0.4 is 4.90 Å². The van der Waals surface area contributed by atoms with Crippen molar-refractivity contribution >= 4 is 81.3 Å². The molecule has 0 aliphatic rings. The monoisotopic (exact) mass is 567 g/mol. The molecule has 2 nitrogen and oxygen atoms in total. The fraction of sp³-hybridized carbons (Fsp3) is 0. The first kappa shape index (κ1) is 24.2. The summed E-state index contributed by atoms with van der Waals surface area (Å²) in [5.41, 5.74) is 7.38. The standard InChI is InChI=1S/C40H25NOS/c1-2-9-29(10-3-1)41(36-14-8-13-33-31-11-4-6-15-37(31)42-39(33)36)30-22-19-26(20-23-30)28-18-17-27-21-24-34-32-12-5-7-16-38(32)43-40(34)35(27)25-28/h1-25H. The molecular formula is C40H25NOS. The molecule has 0 spiro atoms. The Hall–Kier alpha value is -5.38. The van der Waals surface area contributed by atoms with Gasteiger partial charge in [0, 0.05) is 47.7 Å². The molecule has 0 aliphatic carbocycles. The van der Waals surface area contributed by atoms with E-state index < -0.39 is 0 Å². The third-order valence-corrected chi connectivity index (χ3v) is 9.68. The second-order valence-corrected chi connectivity index (χ2v) is 12.0. The van der Waals surface area contributed by atoms with Gasteiger partial charge in [-0.05, 0) is 65.0 Å². The minimum atomic E-state index is 0.888. The molecule has 0 saturated heterocycles. The van der Waals surface area contributed by atoms with Crippen LogP contribution in [-0.2, 0) is 0 Å². The lowest BCUT2D eigenvalue weighted by Gasteiger charge is -2.25. The zero-order valence-electron chi connectivity index (χ0n) is 23.2. The van der Waals surface area contributed by atoms with Crippen molar-refractivity contribution in [1.29, 1.82) is 0 Å². The quantitative estimate of drug-likeness (QED) is 0.210. The lowest BCUT2D eigenvalue weighted by Crippen LogP contribution is -2.10. The number of furan rings is 1. The molecule has 0 bridgehead atoms. The van der Waals surface area contributed by atoms with E-state index in [-0.39, 0.29) is 0 Å². The summed E-state index contributed by atoms with van der Waals surface area (Å²) in [6, 6.07) is 54.1. The lowest BCUT2D eigenvalue weighted by atomic mass is 9.99. The summed E-state index contributed by atoms with van der Waals surface area (Å²) in [6.45, 7) is 0. The summed E-state index contributed by atoms with van der Waals surface area (Å²) in [4.78, 5) is 2.29. The summed E-state index contributed by atoms with van der Waals surface area (Å²) < 4.78 is 9.14. The van der Waals surface area contributed by atoms with E-state index in [0.29, 0.717) is 0 Å². The number of anilines is 3. The van der Waals surface area contributed by atoms with Crippen molar-refractivity contribution in [2.75, 3.05) is 4.90 Å². The molecule has 0 radical (unpaired) electrons. The maximum atomic E-state index is 6.46. The fourth-order valence-corrected chi connectivity index (χ4v) is 7.63. The Labute approximate surface area is 252 Å². The van der Waals surface area contributed by atoms with E-state index in [2.05, 4.69) is 144 Å². The number of para-hydroxylation sites is 3. The molecule has 0 atom stereocenters. The summed E-state index contributed by atoms with van der Waals surface area (Å²) in [5, 5.41) is 7.50. The molecule has 9 rings (SSSR count). The average Bonchev–Trinajstić information content (AvgIpc) is 3.65. The third kappa shape index (κ3) is 3.86. The number of benzene rings is 7. The van der Waals surface area contributed by atoms with Crippen molar-refractivity contribution in [3.05, 3.63) is 152 Å². The Morgan fingerprint density at radius 2 is 1.16 bits per heavy atom. The minimum Gasteiger partial charge on any atom is -0.454 e. The van der Waals surface area contributed by atoms with Gasteiger partial charge in [-0.15, -0.1) is 11.3 Å². The van der Waals surface area contributed by atoms with Crippen molar-refractivity contribution in [2.24, 2.45) is 0 Å². The van der Waals surface area contributed by atoms with Gasteiger partial charge in [0.05, 0.1) is 5.69 Å². The topological polar surface area (TPSA) is 16.4 Å². The predicted octanol–water partition coefficient (Wildman–Crippen LogP) is 12.2. The number of hydrogen-bond acceptors (Lipinski definition) is 3. The highest BCUT2D eigenvalue weighted by Crippen LogP contribution is 2.43. The number of fused-ring (bicyclic) bond motifs is 8. The zero-order valence-corrected chi connectivity index (χ0v) is 24.0. The van der Waals surface area contributed by atoms with Gasteiger partial charge < -0.3 is 9.32 Å². The number of nitrogens with zero attached hydrogens (tertiary/aromatic N) is 1. The minimum absolute atomic E-state index is 0.888. The van der Waals surface area contributed by atoms with Gasteiger partial charge in [0.25, 0.3) is 0 Å². The second kappa shape index (κ2) is 9.59. The third-order valence-electron chi connectivity index (χ3n) is 8.46. The van der Waals surface area contributed by atoms with E-state index in [1.807, 2.05) is 23.5 Å². The summed E-state index contributed by atoms with van der Waals surface area (Å²) in [6.07, 6.45) is 0. The van der Waals surface area contributed by atoms with Crippen LogP contribution in [0.4, 0.5) is 17.1 Å². The maximum Gasteiger partial charge on any atom is 0.159 e. The van der Waals surface area contributed by atoms with Gasteiger partial charge >= 0.3 is 0 Å². The van der Waals surface area contributed by atoms with Crippen molar-refractivity contribution < 1.29 is 4.42 Å². The van der Waals surface area contributed by atoms with Crippen LogP contribution in [0.3, 0.4) is 0 Å². The molecule has 2 aromatic heterocycles.